The van der Waals surface area contributed by atoms with Gasteiger partial charge in [0.1, 0.15) is 0 Å². The van der Waals surface area contributed by atoms with Crippen LogP contribution in [0.15, 0.2) is 23.2 Å². The Morgan fingerprint density at radius 2 is 2.04 bits per heavy atom. The Bertz CT molecular complexity index is 546. The van der Waals surface area contributed by atoms with E-state index >= 15 is 0 Å². The average molecular weight is 335 g/mol. The van der Waals surface area contributed by atoms with Crippen molar-refractivity contribution in [1.29, 1.82) is 0 Å². The summed E-state index contributed by atoms with van der Waals surface area (Å²) >= 11 is 0. The normalized spacial score (nSPS) is 15.9. The second-order valence-corrected chi connectivity index (χ2v) is 6.13. The molecule has 6 nitrogen and oxygen atoms in total. The van der Waals surface area contributed by atoms with Gasteiger partial charge in [-0.1, -0.05) is 13.8 Å². The quantitative estimate of drug-likeness (QED) is 0.591. The van der Waals surface area contributed by atoms with Gasteiger partial charge in [0.15, 0.2) is 17.5 Å². The van der Waals surface area contributed by atoms with Gasteiger partial charge in [-0.15, -0.1) is 0 Å². The molecule has 0 aliphatic carbocycles. The van der Waals surface area contributed by atoms with Crippen LogP contribution in [-0.2, 0) is 4.74 Å². The lowest BCUT2D eigenvalue weighted by atomic mass is 10.0. The molecule has 1 heterocycles. The number of rotatable bonds is 7. The maximum atomic E-state index is 5.97. The first-order chi connectivity index (χ1) is 11.6. The number of hydrogen-bond donors (Lipinski definition) is 2. The molecule has 1 aliphatic rings. The molecule has 0 aromatic heterocycles. The number of nitrogens with zero attached hydrogens (tertiary/aromatic N) is 1. The number of fused-ring (bicyclic) bond motifs is 1. The van der Waals surface area contributed by atoms with Gasteiger partial charge in [-0.2, -0.15) is 0 Å². The molecule has 0 amide bonds. The van der Waals surface area contributed by atoms with Crippen molar-refractivity contribution in [2.75, 3.05) is 31.7 Å². The monoisotopic (exact) mass is 335 g/mol. The zero-order valence-corrected chi connectivity index (χ0v) is 14.9. The molecule has 1 aromatic carbocycles. The summed E-state index contributed by atoms with van der Waals surface area (Å²) in [5.74, 6) is 2.37. The van der Waals surface area contributed by atoms with Gasteiger partial charge >= 0.3 is 0 Å². The van der Waals surface area contributed by atoms with Crippen molar-refractivity contribution in [3.63, 3.8) is 0 Å². The van der Waals surface area contributed by atoms with Crippen molar-refractivity contribution in [3.05, 3.63) is 18.2 Å². The smallest absolute Gasteiger partial charge is 0.193 e. The van der Waals surface area contributed by atoms with Gasteiger partial charge in [-0.25, -0.2) is 0 Å². The molecular formula is C18H29N3O3. The Morgan fingerprint density at radius 1 is 1.29 bits per heavy atom. The Labute approximate surface area is 144 Å². The van der Waals surface area contributed by atoms with Crippen LogP contribution in [0.25, 0.3) is 0 Å². The largest absolute Gasteiger partial charge is 0.490 e. The summed E-state index contributed by atoms with van der Waals surface area (Å²) in [5.41, 5.74) is 6.81. The first-order valence-electron chi connectivity index (χ1n) is 8.68. The number of nitrogens with one attached hydrogen (secondary N) is 1. The third kappa shape index (κ3) is 5.60. The number of guanidine groups is 1. The number of nitrogens with two attached hydrogens (primary N) is 1. The fourth-order valence-electron chi connectivity index (χ4n) is 2.56. The van der Waals surface area contributed by atoms with Crippen LogP contribution in [-0.4, -0.2) is 38.4 Å². The van der Waals surface area contributed by atoms with E-state index in [4.69, 9.17) is 19.9 Å². The second kappa shape index (κ2) is 9.37. The van der Waals surface area contributed by atoms with Gasteiger partial charge < -0.3 is 25.3 Å². The van der Waals surface area contributed by atoms with Crippen molar-refractivity contribution < 1.29 is 14.2 Å². The van der Waals surface area contributed by atoms with Crippen LogP contribution in [0.3, 0.4) is 0 Å². The molecule has 1 aromatic rings. The summed E-state index contributed by atoms with van der Waals surface area (Å²) in [6.07, 6.45) is 1.96. The highest BCUT2D eigenvalue weighted by molar-refractivity contribution is 5.92. The molecule has 0 radical (unpaired) electrons. The molecule has 2 rings (SSSR count). The molecule has 0 fully saturated rings. The zero-order valence-electron chi connectivity index (χ0n) is 14.9. The fourth-order valence-corrected chi connectivity index (χ4v) is 2.56. The van der Waals surface area contributed by atoms with E-state index in [1.54, 1.807) is 0 Å². The molecule has 3 N–H and O–H groups in total. The van der Waals surface area contributed by atoms with E-state index < -0.39 is 0 Å². The lowest BCUT2D eigenvalue weighted by Crippen LogP contribution is -2.25. The van der Waals surface area contributed by atoms with E-state index in [0.717, 1.165) is 36.6 Å². The Hall–Kier alpha value is -1.95. The second-order valence-electron chi connectivity index (χ2n) is 6.13. The van der Waals surface area contributed by atoms with Crippen LogP contribution in [0.2, 0.25) is 0 Å². The third-order valence-corrected chi connectivity index (χ3v) is 3.84. The summed E-state index contributed by atoms with van der Waals surface area (Å²) in [4.78, 5) is 4.39. The van der Waals surface area contributed by atoms with E-state index in [0.29, 0.717) is 31.6 Å². The lowest BCUT2D eigenvalue weighted by Gasteiger charge is -2.19. The first-order valence-corrected chi connectivity index (χ1v) is 8.68. The molecule has 0 saturated carbocycles. The van der Waals surface area contributed by atoms with E-state index in [1.165, 1.54) is 0 Å². The summed E-state index contributed by atoms with van der Waals surface area (Å²) in [6, 6.07) is 5.69. The van der Waals surface area contributed by atoms with Crippen LogP contribution < -0.4 is 20.5 Å². The first kappa shape index (κ1) is 18.4. The lowest BCUT2D eigenvalue weighted by molar-refractivity contribution is 0.0266. The van der Waals surface area contributed by atoms with Gasteiger partial charge in [0.25, 0.3) is 0 Å². The number of benzene rings is 1. The van der Waals surface area contributed by atoms with Crippen LogP contribution in [0, 0.1) is 5.92 Å². The molecule has 0 bridgehead atoms. The topological polar surface area (TPSA) is 78.1 Å². The summed E-state index contributed by atoms with van der Waals surface area (Å²) in [6.45, 7) is 9.02. The molecule has 6 heteroatoms. The summed E-state index contributed by atoms with van der Waals surface area (Å²) in [5, 5.41) is 3.10. The Morgan fingerprint density at radius 3 is 2.75 bits per heavy atom. The number of anilines is 1. The van der Waals surface area contributed by atoms with Crippen molar-refractivity contribution in [2.45, 2.75) is 39.7 Å². The molecule has 134 valence electrons. The van der Waals surface area contributed by atoms with Crippen LogP contribution >= 0.6 is 0 Å². The third-order valence-electron chi connectivity index (χ3n) is 3.84. The van der Waals surface area contributed by atoms with E-state index in [1.807, 2.05) is 25.1 Å². The molecule has 1 aliphatic heterocycles. The minimum atomic E-state index is 0.213. The number of aliphatic imine (C=N–C) groups is 1. The van der Waals surface area contributed by atoms with Gasteiger partial charge in [0, 0.05) is 31.3 Å². The minimum absolute atomic E-state index is 0.213. The highest BCUT2D eigenvalue weighted by atomic mass is 16.5. The van der Waals surface area contributed by atoms with Crippen molar-refractivity contribution in [1.82, 2.24) is 0 Å². The maximum absolute atomic E-state index is 5.97. The zero-order chi connectivity index (χ0) is 17.4. The number of ether oxygens (including phenoxy) is 3. The van der Waals surface area contributed by atoms with Crippen LogP contribution in [0.5, 0.6) is 11.5 Å². The van der Waals surface area contributed by atoms with Gasteiger partial charge in [-0.05, 0) is 31.4 Å². The van der Waals surface area contributed by atoms with Crippen molar-refractivity contribution in [3.8, 4) is 11.5 Å². The molecule has 0 saturated heterocycles. The summed E-state index contributed by atoms with van der Waals surface area (Å²) < 4.78 is 17.0. The highest BCUT2D eigenvalue weighted by Gasteiger charge is 2.13. The molecule has 1 unspecified atom stereocenters. The predicted octanol–water partition coefficient (Wildman–Crippen LogP) is 3.03. The van der Waals surface area contributed by atoms with Crippen molar-refractivity contribution >= 4 is 11.6 Å². The molecule has 1 atom stereocenters. The van der Waals surface area contributed by atoms with Gasteiger partial charge in [-0.3, -0.25) is 4.99 Å². The SMILES string of the molecule is CCOC(CCN=C(N)Nc1ccc2c(c1)OCCCO2)C(C)C. The Kier molecular flexibility index (Phi) is 7.18. The minimum Gasteiger partial charge on any atom is -0.490 e. The molecular weight excluding hydrogens is 306 g/mol. The standard InChI is InChI=1S/C18H29N3O3/c1-4-22-15(13(2)3)8-9-20-18(19)21-14-6-7-16-17(12-14)24-11-5-10-23-16/h6-7,12-13,15H,4-5,8-11H2,1-3H3,(H3,19,20,21). The van der Waals surface area contributed by atoms with E-state index in [2.05, 4.69) is 24.2 Å². The Balaban J connectivity index is 1.89. The maximum Gasteiger partial charge on any atom is 0.193 e. The van der Waals surface area contributed by atoms with Crippen molar-refractivity contribution in [2.24, 2.45) is 16.6 Å². The van der Waals surface area contributed by atoms with Crippen LogP contribution in [0.1, 0.15) is 33.6 Å². The molecule has 24 heavy (non-hydrogen) atoms. The van der Waals surface area contributed by atoms with E-state index in [-0.39, 0.29) is 6.10 Å². The predicted molar refractivity (Wildman–Crippen MR) is 97.0 cm³/mol. The van der Waals surface area contributed by atoms with Gasteiger partial charge in [0.05, 0.1) is 19.3 Å². The average Bonchev–Trinajstić information content (AvgIpc) is 2.78. The molecule has 0 spiro atoms. The fraction of sp³-hybridized carbons (Fsp3) is 0.611. The summed E-state index contributed by atoms with van der Waals surface area (Å²) in [7, 11) is 0. The van der Waals surface area contributed by atoms with Gasteiger partial charge in [0.2, 0.25) is 0 Å². The number of hydrogen-bond acceptors (Lipinski definition) is 4. The van der Waals surface area contributed by atoms with E-state index in [9.17, 15) is 0 Å². The van der Waals surface area contributed by atoms with Crippen LogP contribution in [0.4, 0.5) is 5.69 Å². The highest BCUT2D eigenvalue weighted by Crippen LogP contribution is 2.32.